The molecule has 3 nitrogen and oxygen atoms in total. The van der Waals surface area contributed by atoms with E-state index in [1.807, 2.05) is 36.4 Å². The molecule has 1 aromatic heterocycles. The Kier molecular flexibility index (Phi) is 2.95. The summed E-state index contributed by atoms with van der Waals surface area (Å²) in [6, 6.07) is 14.1. The van der Waals surface area contributed by atoms with Crippen molar-refractivity contribution in [1.82, 2.24) is 0 Å². The minimum Gasteiger partial charge on any atom is -0.481 e. The number of furan rings is 1. The Bertz CT molecular complexity index is 740. The summed E-state index contributed by atoms with van der Waals surface area (Å²) in [7, 11) is 0. The molecule has 0 unspecified atom stereocenters. The Hall–Kier alpha value is -2.29. The molecule has 3 rings (SSSR count). The Morgan fingerprint density at radius 3 is 2.68 bits per heavy atom. The van der Waals surface area contributed by atoms with Crippen molar-refractivity contribution in [2.24, 2.45) is 0 Å². The van der Waals surface area contributed by atoms with Crippen LogP contribution in [0, 0.1) is 0 Å². The van der Waals surface area contributed by atoms with Gasteiger partial charge < -0.3 is 9.52 Å². The number of fused-ring (bicyclic) bond motifs is 3. The maximum Gasteiger partial charge on any atom is 0.303 e. The van der Waals surface area contributed by atoms with Crippen LogP contribution < -0.4 is 0 Å². The van der Waals surface area contributed by atoms with E-state index in [4.69, 9.17) is 9.52 Å². The Morgan fingerprint density at radius 1 is 1.05 bits per heavy atom. The van der Waals surface area contributed by atoms with E-state index in [-0.39, 0.29) is 6.42 Å². The highest BCUT2D eigenvalue weighted by molar-refractivity contribution is 6.04. The van der Waals surface area contributed by atoms with E-state index >= 15 is 0 Å². The second kappa shape index (κ2) is 4.76. The van der Waals surface area contributed by atoms with Crippen LogP contribution >= 0.6 is 0 Å². The number of para-hydroxylation sites is 1. The number of benzene rings is 2. The van der Waals surface area contributed by atoms with Crippen molar-refractivity contribution in [2.45, 2.75) is 19.3 Å². The lowest BCUT2D eigenvalue weighted by molar-refractivity contribution is -0.137. The first kappa shape index (κ1) is 11.8. The van der Waals surface area contributed by atoms with Crippen LogP contribution in [-0.2, 0) is 11.2 Å². The first-order valence-electron chi connectivity index (χ1n) is 6.36. The number of aryl methyl sites for hydroxylation is 1. The summed E-state index contributed by atoms with van der Waals surface area (Å²) in [5.41, 5.74) is 2.88. The van der Waals surface area contributed by atoms with Gasteiger partial charge in [0.05, 0.1) is 0 Å². The third-order valence-corrected chi connectivity index (χ3v) is 3.30. The van der Waals surface area contributed by atoms with Crippen molar-refractivity contribution in [3.8, 4) is 0 Å². The van der Waals surface area contributed by atoms with Gasteiger partial charge in [0, 0.05) is 17.2 Å². The second-order valence-electron chi connectivity index (χ2n) is 4.68. The first-order valence-corrected chi connectivity index (χ1v) is 6.36. The van der Waals surface area contributed by atoms with E-state index in [1.54, 1.807) is 0 Å². The van der Waals surface area contributed by atoms with E-state index in [9.17, 15) is 4.79 Å². The zero-order chi connectivity index (χ0) is 13.2. The number of carbonyl (C=O) groups is 1. The maximum atomic E-state index is 10.5. The monoisotopic (exact) mass is 254 g/mol. The van der Waals surface area contributed by atoms with Gasteiger partial charge in [0.15, 0.2) is 0 Å². The van der Waals surface area contributed by atoms with Crippen LogP contribution in [0.3, 0.4) is 0 Å². The summed E-state index contributed by atoms with van der Waals surface area (Å²) in [6.45, 7) is 0. The molecule has 0 radical (unpaired) electrons. The molecule has 0 aliphatic carbocycles. The molecule has 19 heavy (non-hydrogen) atoms. The van der Waals surface area contributed by atoms with E-state index in [0.717, 1.165) is 33.9 Å². The standard InChI is InChI=1S/C16H14O3/c17-16(18)7-3-4-11-8-9-13-12-5-1-2-6-14(12)19-15(13)10-11/h1-2,5-6,8-10H,3-4,7H2,(H,17,18). The number of hydrogen-bond donors (Lipinski definition) is 1. The lowest BCUT2D eigenvalue weighted by atomic mass is 10.1. The minimum absolute atomic E-state index is 0.207. The molecule has 0 aliphatic rings. The van der Waals surface area contributed by atoms with Gasteiger partial charge in [0.1, 0.15) is 11.2 Å². The van der Waals surface area contributed by atoms with Gasteiger partial charge in [0.25, 0.3) is 0 Å². The van der Waals surface area contributed by atoms with Crippen LogP contribution in [0.1, 0.15) is 18.4 Å². The lowest BCUT2D eigenvalue weighted by Gasteiger charge is -1.99. The van der Waals surface area contributed by atoms with Crippen molar-refractivity contribution >= 4 is 27.9 Å². The molecule has 0 spiro atoms. The van der Waals surface area contributed by atoms with Crippen molar-refractivity contribution < 1.29 is 14.3 Å². The van der Waals surface area contributed by atoms with Crippen molar-refractivity contribution in [2.75, 3.05) is 0 Å². The average Bonchev–Trinajstić information content (AvgIpc) is 2.76. The smallest absolute Gasteiger partial charge is 0.303 e. The topological polar surface area (TPSA) is 50.4 Å². The summed E-state index contributed by atoms with van der Waals surface area (Å²) in [5.74, 6) is -0.746. The van der Waals surface area contributed by atoms with Gasteiger partial charge >= 0.3 is 5.97 Å². The van der Waals surface area contributed by atoms with Gasteiger partial charge in [0.2, 0.25) is 0 Å². The average molecular weight is 254 g/mol. The van der Waals surface area contributed by atoms with E-state index in [0.29, 0.717) is 6.42 Å². The quantitative estimate of drug-likeness (QED) is 0.765. The van der Waals surface area contributed by atoms with Crippen molar-refractivity contribution in [3.63, 3.8) is 0 Å². The molecule has 0 saturated heterocycles. The van der Waals surface area contributed by atoms with Gasteiger partial charge in [-0.25, -0.2) is 0 Å². The normalized spacial score (nSPS) is 11.2. The zero-order valence-electron chi connectivity index (χ0n) is 10.4. The van der Waals surface area contributed by atoms with Gasteiger partial charge in [-0.15, -0.1) is 0 Å². The van der Waals surface area contributed by atoms with Crippen LogP contribution in [0.2, 0.25) is 0 Å². The van der Waals surface area contributed by atoms with E-state index < -0.39 is 5.97 Å². The van der Waals surface area contributed by atoms with E-state index in [2.05, 4.69) is 6.07 Å². The highest BCUT2D eigenvalue weighted by atomic mass is 16.4. The molecule has 96 valence electrons. The SMILES string of the molecule is O=C(O)CCCc1ccc2c(c1)oc1ccccc12. The predicted molar refractivity (Wildman–Crippen MR) is 74.3 cm³/mol. The zero-order valence-corrected chi connectivity index (χ0v) is 10.4. The van der Waals surface area contributed by atoms with Gasteiger partial charge in [-0.2, -0.15) is 0 Å². The fourth-order valence-electron chi connectivity index (χ4n) is 2.37. The van der Waals surface area contributed by atoms with Gasteiger partial charge in [-0.05, 0) is 30.5 Å². The van der Waals surface area contributed by atoms with Crippen LogP contribution in [0.5, 0.6) is 0 Å². The summed E-state index contributed by atoms with van der Waals surface area (Å²) in [5, 5.41) is 10.9. The van der Waals surface area contributed by atoms with Crippen LogP contribution in [0.25, 0.3) is 21.9 Å². The molecule has 0 atom stereocenters. The molecule has 0 saturated carbocycles. The van der Waals surface area contributed by atoms with Crippen LogP contribution in [0.15, 0.2) is 46.9 Å². The first-order chi connectivity index (χ1) is 9.24. The second-order valence-corrected chi connectivity index (χ2v) is 4.68. The predicted octanol–water partition coefficient (Wildman–Crippen LogP) is 3.99. The highest BCUT2D eigenvalue weighted by Gasteiger charge is 2.07. The molecular weight excluding hydrogens is 240 g/mol. The Morgan fingerprint density at radius 2 is 1.84 bits per heavy atom. The lowest BCUT2D eigenvalue weighted by Crippen LogP contribution is -1.95. The van der Waals surface area contributed by atoms with Crippen molar-refractivity contribution in [3.05, 3.63) is 48.0 Å². The molecular formula is C16H14O3. The molecule has 3 aromatic rings. The Balaban J connectivity index is 1.92. The minimum atomic E-state index is -0.746. The molecule has 0 aliphatic heterocycles. The number of carboxylic acids is 1. The number of carboxylic acid groups (broad SMARTS) is 1. The van der Waals surface area contributed by atoms with E-state index in [1.165, 1.54) is 0 Å². The van der Waals surface area contributed by atoms with Crippen LogP contribution in [-0.4, -0.2) is 11.1 Å². The van der Waals surface area contributed by atoms with Crippen molar-refractivity contribution in [1.29, 1.82) is 0 Å². The maximum absolute atomic E-state index is 10.5. The number of aliphatic carboxylic acids is 1. The molecule has 1 heterocycles. The number of hydrogen-bond acceptors (Lipinski definition) is 2. The molecule has 1 N–H and O–H groups in total. The van der Waals surface area contributed by atoms with Crippen LogP contribution in [0.4, 0.5) is 0 Å². The number of rotatable bonds is 4. The molecule has 3 heteroatoms. The summed E-state index contributed by atoms with van der Waals surface area (Å²) >= 11 is 0. The molecule has 0 fully saturated rings. The fraction of sp³-hybridized carbons (Fsp3) is 0.188. The fourth-order valence-corrected chi connectivity index (χ4v) is 2.37. The highest BCUT2D eigenvalue weighted by Crippen LogP contribution is 2.29. The largest absolute Gasteiger partial charge is 0.481 e. The Labute approximate surface area is 110 Å². The molecule has 2 aromatic carbocycles. The van der Waals surface area contributed by atoms with Gasteiger partial charge in [-0.1, -0.05) is 30.3 Å². The molecule has 0 bridgehead atoms. The summed E-state index contributed by atoms with van der Waals surface area (Å²) in [4.78, 5) is 10.5. The summed E-state index contributed by atoms with van der Waals surface area (Å²) in [6.07, 6.45) is 1.62. The molecule has 0 amide bonds. The van der Waals surface area contributed by atoms with Gasteiger partial charge in [-0.3, -0.25) is 4.79 Å². The summed E-state index contributed by atoms with van der Waals surface area (Å²) < 4.78 is 5.80. The third kappa shape index (κ3) is 2.32. The third-order valence-electron chi connectivity index (χ3n) is 3.30.